The maximum absolute atomic E-state index is 12.4. The van der Waals surface area contributed by atoms with Crippen LogP contribution in [0.3, 0.4) is 0 Å². The zero-order valence-electron chi connectivity index (χ0n) is 13.2. The molecule has 0 bridgehead atoms. The molecule has 0 saturated carbocycles. The van der Waals surface area contributed by atoms with Gasteiger partial charge in [-0.05, 0) is 36.6 Å². The smallest absolute Gasteiger partial charge is 0.326 e. The van der Waals surface area contributed by atoms with Crippen LogP contribution in [0.15, 0.2) is 35.3 Å². The summed E-state index contributed by atoms with van der Waals surface area (Å²) in [5.41, 5.74) is 0.160. The first-order valence-corrected chi connectivity index (χ1v) is 8.08. The summed E-state index contributed by atoms with van der Waals surface area (Å²) in [4.78, 5) is 23.7. The molecule has 1 heterocycles. The molecule has 24 heavy (non-hydrogen) atoms. The maximum atomic E-state index is 12.4. The number of anilines is 1. The van der Waals surface area contributed by atoms with Crippen LogP contribution in [-0.2, 0) is 4.79 Å². The topological polar surface area (TPSA) is 84.2 Å². The van der Waals surface area contributed by atoms with Gasteiger partial charge in [0.2, 0.25) is 0 Å². The van der Waals surface area contributed by atoms with E-state index in [1.165, 1.54) is 6.20 Å². The number of aliphatic carboxylic acids is 1. The van der Waals surface area contributed by atoms with E-state index in [4.69, 9.17) is 23.2 Å². The van der Waals surface area contributed by atoms with E-state index in [-0.39, 0.29) is 16.6 Å². The summed E-state index contributed by atoms with van der Waals surface area (Å²) >= 11 is 11.9. The molecule has 0 radical (unpaired) electrons. The van der Waals surface area contributed by atoms with Crippen LogP contribution >= 0.6 is 23.2 Å². The molecule has 8 heteroatoms. The quantitative estimate of drug-likeness (QED) is 0.814. The Balaban J connectivity index is 2.34. The lowest BCUT2D eigenvalue weighted by Crippen LogP contribution is -2.32. The number of aromatic nitrogens is 2. The van der Waals surface area contributed by atoms with Crippen molar-refractivity contribution in [2.24, 2.45) is 5.92 Å². The Morgan fingerprint density at radius 1 is 1.29 bits per heavy atom. The zero-order chi connectivity index (χ0) is 17.9. The molecular formula is C16H17Cl2N3O3. The van der Waals surface area contributed by atoms with Crippen LogP contribution in [-0.4, -0.2) is 26.9 Å². The van der Waals surface area contributed by atoms with E-state index in [0.29, 0.717) is 17.1 Å². The highest BCUT2D eigenvalue weighted by Crippen LogP contribution is 2.20. The number of rotatable bonds is 6. The van der Waals surface area contributed by atoms with Gasteiger partial charge < -0.3 is 10.4 Å². The molecule has 1 aromatic heterocycles. The molecule has 1 aromatic carbocycles. The second-order valence-electron chi connectivity index (χ2n) is 5.73. The number of carboxylic acid groups (broad SMARTS) is 1. The summed E-state index contributed by atoms with van der Waals surface area (Å²) in [5, 5.41) is 16.5. The highest BCUT2D eigenvalue weighted by molar-refractivity contribution is 6.33. The number of nitrogens with zero attached hydrogens (tertiary/aromatic N) is 2. The minimum absolute atomic E-state index is 0.116. The van der Waals surface area contributed by atoms with Crippen LogP contribution in [0.4, 0.5) is 5.69 Å². The van der Waals surface area contributed by atoms with Crippen molar-refractivity contribution >= 4 is 34.9 Å². The zero-order valence-corrected chi connectivity index (χ0v) is 14.7. The summed E-state index contributed by atoms with van der Waals surface area (Å²) in [6.07, 6.45) is 1.74. The monoisotopic (exact) mass is 369 g/mol. The van der Waals surface area contributed by atoms with Crippen molar-refractivity contribution in [3.8, 4) is 5.69 Å². The van der Waals surface area contributed by atoms with Crippen LogP contribution in [0.5, 0.6) is 0 Å². The van der Waals surface area contributed by atoms with Gasteiger partial charge >= 0.3 is 5.97 Å². The third kappa shape index (κ3) is 4.27. The molecule has 0 saturated heterocycles. The third-order valence-corrected chi connectivity index (χ3v) is 3.94. The van der Waals surface area contributed by atoms with E-state index in [0.717, 1.165) is 4.68 Å². The fourth-order valence-corrected chi connectivity index (χ4v) is 2.49. The lowest BCUT2D eigenvalue weighted by Gasteiger charge is -2.18. The molecule has 0 aliphatic rings. The number of halogens is 2. The lowest BCUT2D eigenvalue weighted by atomic mass is 10.0. The number of nitrogens with one attached hydrogen (secondary N) is 1. The molecule has 1 unspecified atom stereocenters. The van der Waals surface area contributed by atoms with E-state index in [1.807, 2.05) is 13.8 Å². The first-order valence-electron chi connectivity index (χ1n) is 7.32. The van der Waals surface area contributed by atoms with Crippen LogP contribution < -0.4 is 10.9 Å². The summed E-state index contributed by atoms with van der Waals surface area (Å²) < 4.78 is 1.13. The molecule has 2 N–H and O–H groups in total. The van der Waals surface area contributed by atoms with E-state index in [2.05, 4.69) is 10.4 Å². The SMILES string of the molecule is CC(C)CC(Nc1cnn(-c2ccc(Cl)cc2)c(=O)c1Cl)C(=O)O. The molecule has 0 spiro atoms. The minimum atomic E-state index is -1.01. The van der Waals surface area contributed by atoms with E-state index in [1.54, 1.807) is 24.3 Å². The Morgan fingerprint density at radius 3 is 2.46 bits per heavy atom. The lowest BCUT2D eigenvalue weighted by molar-refractivity contribution is -0.138. The molecular weight excluding hydrogens is 353 g/mol. The van der Waals surface area contributed by atoms with Crippen LogP contribution in [0.1, 0.15) is 20.3 Å². The van der Waals surface area contributed by atoms with Crippen molar-refractivity contribution < 1.29 is 9.90 Å². The van der Waals surface area contributed by atoms with Crippen molar-refractivity contribution in [1.29, 1.82) is 0 Å². The molecule has 0 aliphatic carbocycles. The van der Waals surface area contributed by atoms with Crippen LogP contribution in [0.25, 0.3) is 5.69 Å². The van der Waals surface area contributed by atoms with Gasteiger partial charge in [0, 0.05) is 5.02 Å². The van der Waals surface area contributed by atoms with Gasteiger partial charge in [0.15, 0.2) is 0 Å². The molecule has 0 fully saturated rings. The van der Waals surface area contributed by atoms with Gasteiger partial charge in [-0.3, -0.25) is 4.79 Å². The summed E-state index contributed by atoms with van der Waals surface area (Å²) in [6, 6.07) is 5.69. The highest BCUT2D eigenvalue weighted by atomic mass is 35.5. The van der Waals surface area contributed by atoms with Crippen molar-refractivity contribution in [2.45, 2.75) is 26.3 Å². The van der Waals surface area contributed by atoms with E-state index in [9.17, 15) is 14.7 Å². The Kier molecular flexibility index (Phi) is 5.85. The van der Waals surface area contributed by atoms with Gasteiger partial charge in [0.05, 0.1) is 17.6 Å². The van der Waals surface area contributed by atoms with Crippen molar-refractivity contribution in [3.63, 3.8) is 0 Å². The van der Waals surface area contributed by atoms with Crippen molar-refractivity contribution in [1.82, 2.24) is 9.78 Å². The van der Waals surface area contributed by atoms with Gasteiger partial charge in [-0.1, -0.05) is 37.0 Å². The molecule has 6 nitrogen and oxygen atoms in total. The fourth-order valence-electron chi connectivity index (χ4n) is 2.18. The van der Waals surface area contributed by atoms with E-state index < -0.39 is 17.6 Å². The van der Waals surface area contributed by atoms with Crippen LogP contribution in [0, 0.1) is 5.92 Å². The highest BCUT2D eigenvalue weighted by Gasteiger charge is 2.21. The average molecular weight is 370 g/mol. The average Bonchev–Trinajstić information content (AvgIpc) is 2.52. The molecule has 1 atom stereocenters. The van der Waals surface area contributed by atoms with Crippen LogP contribution in [0.2, 0.25) is 10.0 Å². The molecule has 0 amide bonds. The Bertz CT molecular complexity index is 788. The van der Waals surface area contributed by atoms with Gasteiger partial charge in [-0.15, -0.1) is 0 Å². The molecule has 2 rings (SSSR count). The Morgan fingerprint density at radius 2 is 1.92 bits per heavy atom. The molecule has 0 aliphatic heterocycles. The van der Waals surface area contributed by atoms with E-state index >= 15 is 0 Å². The van der Waals surface area contributed by atoms with Gasteiger partial charge in [-0.25, -0.2) is 4.79 Å². The van der Waals surface area contributed by atoms with Crippen molar-refractivity contribution in [3.05, 3.63) is 50.9 Å². The molecule has 128 valence electrons. The third-order valence-electron chi connectivity index (χ3n) is 3.33. The predicted molar refractivity (Wildman–Crippen MR) is 94.4 cm³/mol. The van der Waals surface area contributed by atoms with Gasteiger partial charge in [-0.2, -0.15) is 9.78 Å². The summed E-state index contributed by atoms with van der Waals surface area (Å²) in [5.74, 6) is -0.846. The Hall–Kier alpha value is -2.05. The molecule has 2 aromatic rings. The first-order chi connectivity index (χ1) is 11.3. The van der Waals surface area contributed by atoms with Crippen molar-refractivity contribution in [2.75, 3.05) is 5.32 Å². The van der Waals surface area contributed by atoms with Gasteiger partial charge in [0.1, 0.15) is 11.1 Å². The van der Waals surface area contributed by atoms with Gasteiger partial charge in [0.25, 0.3) is 5.56 Å². The Labute approximate surface area is 149 Å². The second kappa shape index (κ2) is 7.68. The number of hydrogen-bond acceptors (Lipinski definition) is 4. The number of carboxylic acids is 1. The standard InChI is InChI=1S/C16H17Cl2N3O3/c1-9(2)7-12(16(23)24)20-13-8-19-21(15(22)14(13)18)11-5-3-10(17)4-6-11/h3-6,8-9,12,20H,7H2,1-2H3,(H,23,24). The minimum Gasteiger partial charge on any atom is -0.480 e. The first kappa shape index (κ1) is 18.3. The largest absolute Gasteiger partial charge is 0.480 e. The number of carbonyl (C=O) groups is 1. The predicted octanol–water partition coefficient (Wildman–Crippen LogP) is 3.45. The fraction of sp³-hybridized carbons (Fsp3) is 0.312. The summed E-state index contributed by atoms with van der Waals surface area (Å²) in [7, 11) is 0. The number of benzene rings is 1. The number of hydrogen-bond donors (Lipinski definition) is 2. The normalized spacial score (nSPS) is 12.2. The maximum Gasteiger partial charge on any atom is 0.326 e. The second-order valence-corrected chi connectivity index (χ2v) is 6.54. The summed E-state index contributed by atoms with van der Waals surface area (Å²) in [6.45, 7) is 3.83.